The van der Waals surface area contributed by atoms with Gasteiger partial charge in [-0.25, -0.2) is 12.7 Å². The van der Waals surface area contributed by atoms with Gasteiger partial charge in [0.2, 0.25) is 15.9 Å². The number of aryl methyl sites for hydroxylation is 1. The predicted octanol–water partition coefficient (Wildman–Crippen LogP) is 1.30. The normalized spacial score (nSPS) is 17.0. The summed E-state index contributed by atoms with van der Waals surface area (Å²) in [7, 11) is -3.13. The Balaban J connectivity index is 1.66. The number of amides is 1. The highest BCUT2D eigenvalue weighted by atomic mass is 32.2. The molecule has 2 rings (SSSR count). The Bertz CT molecular complexity index is 620. The van der Waals surface area contributed by atoms with Gasteiger partial charge in [0.25, 0.3) is 0 Å². The van der Waals surface area contributed by atoms with Crippen molar-refractivity contribution in [3.05, 3.63) is 29.8 Å². The molecule has 1 heterocycles. The average Bonchev–Trinajstić information content (AvgIpc) is 2.49. The van der Waals surface area contributed by atoms with Gasteiger partial charge in [0.05, 0.1) is 19.3 Å². The summed E-state index contributed by atoms with van der Waals surface area (Å²) in [6.07, 6.45) is 2.81. The summed E-state index contributed by atoms with van der Waals surface area (Å²) in [5.74, 6) is 0.694. The Morgan fingerprint density at radius 3 is 2.43 bits per heavy atom. The number of rotatable bonds is 6. The first-order chi connectivity index (χ1) is 10.8. The van der Waals surface area contributed by atoms with Crippen LogP contribution in [-0.2, 0) is 14.8 Å². The summed E-state index contributed by atoms with van der Waals surface area (Å²) in [6, 6.07) is 7.73. The summed E-state index contributed by atoms with van der Waals surface area (Å²) in [5, 5.41) is 2.95. The summed E-state index contributed by atoms with van der Waals surface area (Å²) in [4.78, 5) is 11.9. The first kappa shape index (κ1) is 17.7. The second-order valence-electron chi connectivity index (χ2n) is 5.92. The first-order valence-electron chi connectivity index (χ1n) is 7.78. The Morgan fingerprint density at radius 1 is 1.26 bits per heavy atom. The van der Waals surface area contributed by atoms with Crippen molar-refractivity contribution in [1.29, 1.82) is 0 Å². The molecule has 6 nitrogen and oxygen atoms in total. The molecule has 0 unspecified atom stereocenters. The third-order valence-corrected chi connectivity index (χ3v) is 5.21. The molecule has 1 aliphatic heterocycles. The fourth-order valence-corrected chi connectivity index (χ4v) is 3.40. The zero-order valence-corrected chi connectivity index (χ0v) is 14.4. The van der Waals surface area contributed by atoms with Crippen molar-refractivity contribution in [1.82, 2.24) is 9.62 Å². The molecular formula is C16H24N2O4S. The lowest BCUT2D eigenvalue weighted by molar-refractivity contribution is -0.122. The molecule has 0 aliphatic carbocycles. The van der Waals surface area contributed by atoms with Gasteiger partial charge in [-0.15, -0.1) is 0 Å². The first-order valence-corrected chi connectivity index (χ1v) is 9.63. The van der Waals surface area contributed by atoms with Crippen LogP contribution in [0.3, 0.4) is 0 Å². The molecule has 0 radical (unpaired) electrons. The van der Waals surface area contributed by atoms with Crippen LogP contribution < -0.4 is 10.1 Å². The van der Waals surface area contributed by atoms with Gasteiger partial charge in [-0.3, -0.25) is 4.79 Å². The molecule has 0 bridgehead atoms. The molecule has 1 saturated heterocycles. The van der Waals surface area contributed by atoms with Gasteiger partial charge < -0.3 is 10.1 Å². The fraction of sp³-hybridized carbons (Fsp3) is 0.562. The number of carbonyl (C=O) groups excluding carboxylic acids is 1. The van der Waals surface area contributed by atoms with Crippen molar-refractivity contribution in [3.8, 4) is 5.75 Å². The van der Waals surface area contributed by atoms with Crippen LogP contribution in [0.25, 0.3) is 0 Å². The van der Waals surface area contributed by atoms with Gasteiger partial charge in [-0.1, -0.05) is 17.7 Å². The van der Waals surface area contributed by atoms with Gasteiger partial charge in [0.15, 0.2) is 0 Å². The van der Waals surface area contributed by atoms with Gasteiger partial charge in [0.1, 0.15) is 5.75 Å². The number of nitrogens with zero attached hydrogens (tertiary/aromatic N) is 1. The smallest absolute Gasteiger partial charge is 0.223 e. The Labute approximate surface area is 137 Å². The van der Waals surface area contributed by atoms with Crippen LogP contribution in [0, 0.1) is 6.92 Å². The van der Waals surface area contributed by atoms with E-state index in [1.54, 1.807) is 0 Å². The van der Waals surface area contributed by atoms with Crippen molar-refractivity contribution in [3.63, 3.8) is 0 Å². The Morgan fingerprint density at radius 2 is 1.87 bits per heavy atom. The molecule has 1 aliphatic rings. The van der Waals surface area contributed by atoms with Crippen LogP contribution in [0.4, 0.5) is 0 Å². The number of piperidine rings is 1. The molecule has 1 fully saturated rings. The molecule has 0 saturated carbocycles. The summed E-state index contributed by atoms with van der Waals surface area (Å²) in [6.45, 7) is 3.26. The molecule has 1 N–H and O–H groups in total. The number of carbonyl (C=O) groups is 1. The third-order valence-electron chi connectivity index (χ3n) is 3.91. The van der Waals surface area contributed by atoms with Crippen LogP contribution in [0.15, 0.2) is 24.3 Å². The predicted molar refractivity (Wildman–Crippen MR) is 88.9 cm³/mol. The highest BCUT2D eigenvalue weighted by Gasteiger charge is 2.25. The van der Waals surface area contributed by atoms with Crippen LogP contribution in [-0.4, -0.2) is 50.6 Å². The summed E-state index contributed by atoms with van der Waals surface area (Å²) in [5.41, 5.74) is 1.16. The molecule has 0 aromatic heterocycles. The van der Waals surface area contributed by atoms with E-state index in [1.807, 2.05) is 31.2 Å². The number of sulfonamides is 1. The maximum absolute atomic E-state index is 11.9. The lowest BCUT2D eigenvalue weighted by Crippen LogP contribution is -2.46. The monoisotopic (exact) mass is 340 g/mol. The highest BCUT2D eigenvalue weighted by Crippen LogP contribution is 2.14. The van der Waals surface area contributed by atoms with Gasteiger partial charge in [0, 0.05) is 19.1 Å². The Kier molecular flexibility index (Phi) is 6.01. The van der Waals surface area contributed by atoms with Gasteiger partial charge in [-0.2, -0.15) is 0 Å². The van der Waals surface area contributed by atoms with Crippen LogP contribution >= 0.6 is 0 Å². The molecule has 0 atom stereocenters. The minimum absolute atomic E-state index is 0.0416. The van der Waals surface area contributed by atoms with E-state index < -0.39 is 10.0 Å². The SMILES string of the molecule is Cc1ccc(OCCC(=O)NC2CCN(S(C)(=O)=O)CC2)cc1. The van der Waals surface area contributed by atoms with Crippen molar-refractivity contribution in [2.75, 3.05) is 26.0 Å². The molecule has 1 amide bonds. The lowest BCUT2D eigenvalue weighted by Gasteiger charge is -2.30. The van der Waals surface area contributed by atoms with Crippen molar-refractivity contribution in [2.45, 2.75) is 32.2 Å². The molecule has 7 heteroatoms. The zero-order chi connectivity index (χ0) is 16.9. The molecular weight excluding hydrogens is 316 g/mol. The fourth-order valence-electron chi connectivity index (χ4n) is 2.53. The molecule has 128 valence electrons. The topological polar surface area (TPSA) is 75.7 Å². The maximum Gasteiger partial charge on any atom is 0.223 e. The molecule has 1 aromatic carbocycles. The van der Waals surface area contributed by atoms with E-state index in [-0.39, 0.29) is 11.9 Å². The molecule has 23 heavy (non-hydrogen) atoms. The van der Waals surface area contributed by atoms with Crippen LogP contribution in [0.5, 0.6) is 5.75 Å². The summed E-state index contributed by atoms with van der Waals surface area (Å²) < 4.78 is 29.9. The number of nitrogens with one attached hydrogen (secondary N) is 1. The quantitative estimate of drug-likeness (QED) is 0.847. The van der Waals surface area contributed by atoms with E-state index >= 15 is 0 Å². The number of benzene rings is 1. The number of ether oxygens (including phenoxy) is 1. The van der Waals surface area contributed by atoms with E-state index in [0.29, 0.717) is 39.0 Å². The van der Waals surface area contributed by atoms with Crippen LogP contribution in [0.1, 0.15) is 24.8 Å². The second-order valence-corrected chi connectivity index (χ2v) is 7.90. The zero-order valence-electron chi connectivity index (χ0n) is 13.6. The van der Waals surface area contributed by atoms with Crippen molar-refractivity contribution < 1.29 is 17.9 Å². The van der Waals surface area contributed by atoms with E-state index in [9.17, 15) is 13.2 Å². The number of hydrogen-bond acceptors (Lipinski definition) is 4. The standard InChI is InChI=1S/C16H24N2O4S/c1-13-3-5-15(6-4-13)22-12-9-16(19)17-14-7-10-18(11-8-14)23(2,20)21/h3-6,14H,7-12H2,1-2H3,(H,17,19). The molecule has 1 aromatic rings. The highest BCUT2D eigenvalue weighted by molar-refractivity contribution is 7.88. The minimum Gasteiger partial charge on any atom is -0.493 e. The third kappa shape index (κ3) is 5.84. The van der Waals surface area contributed by atoms with Crippen LogP contribution in [0.2, 0.25) is 0 Å². The van der Waals surface area contributed by atoms with Gasteiger partial charge in [-0.05, 0) is 31.9 Å². The average molecular weight is 340 g/mol. The molecule has 0 spiro atoms. The van der Waals surface area contributed by atoms with E-state index in [0.717, 1.165) is 11.3 Å². The van der Waals surface area contributed by atoms with Crippen molar-refractivity contribution >= 4 is 15.9 Å². The largest absolute Gasteiger partial charge is 0.493 e. The number of hydrogen-bond donors (Lipinski definition) is 1. The minimum atomic E-state index is -3.13. The van der Waals surface area contributed by atoms with Gasteiger partial charge >= 0.3 is 0 Å². The van der Waals surface area contributed by atoms with E-state index in [4.69, 9.17) is 4.74 Å². The maximum atomic E-state index is 11.9. The van der Waals surface area contributed by atoms with Crippen molar-refractivity contribution in [2.24, 2.45) is 0 Å². The van der Waals surface area contributed by atoms with E-state index in [1.165, 1.54) is 10.6 Å². The lowest BCUT2D eigenvalue weighted by atomic mass is 10.1. The summed E-state index contributed by atoms with van der Waals surface area (Å²) >= 11 is 0. The second kappa shape index (κ2) is 7.79. The Hall–Kier alpha value is -1.60. The van der Waals surface area contributed by atoms with E-state index in [2.05, 4.69) is 5.32 Å².